The van der Waals surface area contributed by atoms with E-state index < -0.39 is 6.04 Å². The number of phenols is 1. The fourth-order valence-corrected chi connectivity index (χ4v) is 2.74. The summed E-state index contributed by atoms with van der Waals surface area (Å²) in [6.45, 7) is 0. The summed E-state index contributed by atoms with van der Waals surface area (Å²) in [5.74, 6) is 0.579. The number of fused-ring (bicyclic) bond motifs is 1. The summed E-state index contributed by atoms with van der Waals surface area (Å²) < 4.78 is 0. The molecular weight excluding hydrogens is 314 g/mol. The molecule has 4 aromatic rings. The summed E-state index contributed by atoms with van der Waals surface area (Å²) in [5, 5.41) is 14.9. The zero-order valence-electron chi connectivity index (χ0n) is 13.2. The molecule has 0 aliphatic rings. The van der Waals surface area contributed by atoms with Crippen LogP contribution in [0, 0.1) is 0 Å². The molecule has 0 spiro atoms. The van der Waals surface area contributed by atoms with Crippen LogP contribution in [0.3, 0.4) is 0 Å². The molecule has 4 rings (SSSR count). The lowest BCUT2D eigenvalue weighted by molar-refractivity contribution is 0.471. The van der Waals surface area contributed by atoms with Gasteiger partial charge in [-0.2, -0.15) is 0 Å². The molecule has 3 heterocycles. The number of benzene rings is 1. The highest BCUT2D eigenvalue weighted by Crippen LogP contribution is 2.35. The highest BCUT2D eigenvalue weighted by Gasteiger charge is 2.21. The van der Waals surface area contributed by atoms with E-state index >= 15 is 0 Å². The Kier molecular flexibility index (Phi) is 3.92. The molecule has 3 aromatic heterocycles. The minimum absolute atomic E-state index is 0.122. The molecule has 0 amide bonds. The fourth-order valence-electron chi connectivity index (χ4n) is 2.74. The number of anilines is 1. The molecule has 6 nitrogen and oxygen atoms in total. The third-order valence-corrected chi connectivity index (χ3v) is 3.91. The molecule has 0 saturated heterocycles. The van der Waals surface area contributed by atoms with Gasteiger partial charge in [-0.25, -0.2) is 9.97 Å². The van der Waals surface area contributed by atoms with E-state index in [0.717, 1.165) is 11.1 Å². The van der Waals surface area contributed by atoms with Crippen LogP contribution in [0.4, 0.5) is 5.95 Å². The van der Waals surface area contributed by atoms with Gasteiger partial charge in [0.25, 0.3) is 0 Å². The predicted octanol–water partition coefficient (Wildman–Crippen LogP) is 3.33. The molecule has 0 fully saturated rings. The van der Waals surface area contributed by atoms with Crippen molar-refractivity contribution < 1.29 is 5.11 Å². The molecule has 1 atom stereocenters. The average molecular weight is 329 g/mol. The number of phenolic OH excluding ortho intramolecular Hbond substituents is 1. The molecule has 0 saturated carbocycles. The van der Waals surface area contributed by atoms with Gasteiger partial charge in [-0.1, -0.05) is 24.3 Å². The maximum Gasteiger partial charge on any atom is 0.223 e. The van der Waals surface area contributed by atoms with Gasteiger partial charge < -0.3 is 10.4 Å². The highest BCUT2D eigenvalue weighted by molar-refractivity contribution is 5.85. The third-order valence-electron chi connectivity index (χ3n) is 3.91. The smallest absolute Gasteiger partial charge is 0.223 e. The number of hydrogen-bond acceptors (Lipinski definition) is 6. The molecule has 2 N–H and O–H groups in total. The standard InChI is InChI=1S/C19H15N5O/c25-18-14(8-7-13-5-3-10-21-16(13)18)17(15-6-1-2-9-20-15)24-19-22-11-4-12-23-19/h1-12,17,25H,(H,22,23,24). The minimum atomic E-state index is -0.407. The topological polar surface area (TPSA) is 83.8 Å². The number of hydrogen-bond donors (Lipinski definition) is 2. The molecular formula is C19H15N5O. The molecule has 0 aliphatic heterocycles. The quantitative estimate of drug-likeness (QED) is 0.597. The number of aromatic hydroxyl groups is 1. The van der Waals surface area contributed by atoms with Crippen LogP contribution < -0.4 is 5.32 Å². The van der Waals surface area contributed by atoms with E-state index in [1.165, 1.54) is 0 Å². The molecule has 0 aliphatic carbocycles. The first-order valence-corrected chi connectivity index (χ1v) is 7.84. The average Bonchev–Trinajstić information content (AvgIpc) is 2.69. The maximum atomic E-state index is 10.8. The third kappa shape index (κ3) is 2.97. The summed E-state index contributed by atoms with van der Waals surface area (Å²) in [4.78, 5) is 17.1. The summed E-state index contributed by atoms with van der Waals surface area (Å²) in [6, 6.07) is 14.5. The molecule has 25 heavy (non-hydrogen) atoms. The number of rotatable bonds is 4. The van der Waals surface area contributed by atoms with Crippen molar-refractivity contribution in [1.29, 1.82) is 0 Å². The van der Waals surface area contributed by atoms with Gasteiger partial charge in [-0.3, -0.25) is 9.97 Å². The number of nitrogens with zero attached hydrogens (tertiary/aromatic N) is 4. The first kappa shape index (κ1) is 15.0. The van der Waals surface area contributed by atoms with Crippen molar-refractivity contribution in [2.75, 3.05) is 5.32 Å². The second-order valence-corrected chi connectivity index (χ2v) is 5.48. The SMILES string of the molecule is Oc1c(C(Nc2ncccn2)c2ccccn2)ccc2cccnc12. The van der Waals surface area contributed by atoms with Crippen LogP contribution in [0.5, 0.6) is 5.75 Å². The van der Waals surface area contributed by atoms with Gasteiger partial charge in [0.05, 0.1) is 5.69 Å². The van der Waals surface area contributed by atoms with E-state index in [4.69, 9.17) is 0 Å². The minimum Gasteiger partial charge on any atom is -0.505 e. The number of aromatic nitrogens is 4. The molecule has 1 unspecified atom stereocenters. The van der Waals surface area contributed by atoms with Crippen LogP contribution >= 0.6 is 0 Å². The summed E-state index contributed by atoms with van der Waals surface area (Å²) in [5.41, 5.74) is 1.97. The lowest BCUT2D eigenvalue weighted by Gasteiger charge is -2.20. The molecule has 122 valence electrons. The van der Waals surface area contributed by atoms with E-state index in [2.05, 4.69) is 25.3 Å². The Morgan fingerprint density at radius 2 is 1.56 bits per heavy atom. The van der Waals surface area contributed by atoms with Gasteiger partial charge in [0.15, 0.2) is 0 Å². The van der Waals surface area contributed by atoms with Crippen molar-refractivity contribution >= 4 is 16.9 Å². The Balaban J connectivity index is 1.85. The highest BCUT2D eigenvalue weighted by atomic mass is 16.3. The summed E-state index contributed by atoms with van der Waals surface area (Å²) in [7, 11) is 0. The van der Waals surface area contributed by atoms with E-state index in [-0.39, 0.29) is 5.75 Å². The van der Waals surface area contributed by atoms with Crippen molar-refractivity contribution in [3.05, 3.63) is 84.6 Å². The largest absolute Gasteiger partial charge is 0.505 e. The second kappa shape index (κ2) is 6.52. The van der Waals surface area contributed by atoms with Crippen molar-refractivity contribution in [2.45, 2.75) is 6.04 Å². The van der Waals surface area contributed by atoms with Crippen molar-refractivity contribution in [3.8, 4) is 5.75 Å². The number of pyridine rings is 2. The van der Waals surface area contributed by atoms with Gasteiger partial charge in [0.1, 0.15) is 17.3 Å². The van der Waals surface area contributed by atoms with E-state index in [0.29, 0.717) is 17.0 Å². The van der Waals surface area contributed by atoms with Gasteiger partial charge in [0.2, 0.25) is 5.95 Å². The van der Waals surface area contributed by atoms with Crippen LogP contribution in [0.2, 0.25) is 0 Å². The van der Waals surface area contributed by atoms with Gasteiger partial charge in [0, 0.05) is 35.7 Å². The lowest BCUT2D eigenvalue weighted by Crippen LogP contribution is -2.15. The predicted molar refractivity (Wildman–Crippen MR) is 95.1 cm³/mol. The second-order valence-electron chi connectivity index (χ2n) is 5.48. The van der Waals surface area contributed by atoms with Gasteiger partial charge in [-0.05, 0) is 24.3 Å². The van der Waals surface area contributed by atoms with E-state index in [9.17, 15) is 5.11 Å². The monoisotopic (exact) mass is 329 g/mol. The molecule has 6 heteroatoms. The normalized spacial score (nSPS) is 12.0. The molecule has 1 aromatic carbocycles. The Morgan fingerprint density at radius 1 is 0.760 bits per heavy atom. The van der Waals surface area contributed by atoms with E-state index in [1.807, 2.05) is 42.5 Å². The van der Waals surface area contributed by atoms with Crippen molar-refractivity contribution in [3.63, 3.8) is 0 Å². The lowest BCUT2D eigenvalue weighted by atomic mass is 10.00. The van der Waals surface area contributed by atoms with Gasteiger partial charge >= 0.3 is 0 Å². The summed E-state index contributed by atoms with van der Waals surface area (Å²) >= 11 is 0. The molecule has 0 bridgehead atoms. The van der Waals surface area contributed by atoms with Gasteiger partial charge in [-0.15, -0.1) is 0 Å². The Morgan fingerprint density at radius 3 is 2.36 bits per heavy atom. The summed E-state index contributed by atoms with van der Waals surface area (Å²) in [6.07, 6.45) is 6.70. The zero-order chi connectivity index (χ0) is 17.1. The fraction of sp³-hybridized carbons (Fsp3) is 0.0526. The zero-order valence-corrected chi connectivity index (χ0v) is 13.2. The van der Waals surface area contributed by atoms with Crippen LogP contribution in [0.15, 0.2) is 73.3 Å². The molecule has 0 radical (unpaired) electrons. The van der Waals surface area contributed by atoms with Crippen LogP contribution in [0.1, 0.15) is 17.3 Å². The maximum absolute atomic E-state index is 10.8. The number of nitrogens with one attached hydrogen (secondary N) is 1. The van der Waals surface area contributed by atoms with Crippen LogP contribution in [0.25, 0.3) is 10.9 Å². The van der Waals surface area contributed by atoms with E-state index in [1.54, 1.807) is 30.9 Å². The Labute approximate surface area is 144 Å². The van der Waals surface area contributed by atoms with Crippen molar-refractivity contribution in [1.82, 2.24) is 19.9 Å². The van der Waals surface area contributed by atoms with Crippen LogP contribution in [-0.2, 0) is 0 Å². The Hall–Kier alpha value is -3.54. The first-order valence-electron chi connectivity index (χ1n) is 7.84. The van der Waals surface area contributed by atoms with Crippen LogP contribution in [-0.4, -0.2) is 25.0 Å². The first-order chi connectivity index (χ1) is 12.3. The Bertz CT molecular complexity index is 992. The van der Waals surface area contributed by atoms with Crippen molar-refractivity contribution in [2.24, 2.45) is 0 Å².